The summed E-state index contributed by atoms with van der Waals surface area (Å²) in [5, 5.41) is 1.98. The molecule has 0 spiro atoms. The van der Waals surface area contributed by atoms with E-state index in [4.69, 9.17) is 0 Å². The normalized spacial score (nSPS) is 12.7. The zero-order valence-corrected chi connectivity index (χ0v) is 13.1. The van der Waals surface area contributed by atoms with Crippen LogP contribution in [0, 0.1) is 13.8 Å². The van der Waals surface area contributed by atoms with E-state index in [1.54, 1.807) is 17.1 Å². The molecule has 1 atom stereocenters. The average molecular weight is 299 g/mol. The molecule has 0 aliphatic heterocycles. The van der Waals surface area contributed by atoms with Crippen molar-refractivity contribution in [1.29, 1.82) is 0 Å². The van der Waals surface area contributed by atoms with Crippen LogP contribution in [0.1, 0.15) is 29.8 Å². The van der Waals surface area contributed by atoms with Gasteiger partial charge in [-0.1, -0.05) is 6.07 Å². The molecular formula is C16H17N3OS. The van der Waals surface area contributed by atoms with Gasteiger partial charge in [0.25, 0.3) is 5.56 Å². The maximum atomic E-state index is 12.6. The Hall–Kier alpha value is -2.01. The van der Waals surface area contributed by atoms with Gasteiger partial charge in [-0.2, -0.15) is 0 Å². The lowest BCUT2D eigenvalue weighted by Crippen LogP contribution is -2.24. The van der Waals surface area contributed by atoms with Crippen LogP contribution in [0.2, 0.25) is 0 Å². The van der Waals surface area contributed by atoms with E-state index in [1.807, 2.05) is 38.3 Å². The van der Waals surface area contributed by atoms with E-state index in [0.717, 1.165) is 33.5 Å². The maximum absolute atomic E-state index is 12.6. The van der Waals surface area contributed by atoms with Gasteiger partial charge in [0.1, 0.15) is 4.70 Å². The molecular weight excluding hydrogens is 282 g/mol. The summed E-state index contributed by atoms with van der Waals surface area (Å²) in [6.45, 7) is 6.06. The van der Waals surface area contributed by atoms with E-state index < -0.39 is 0 Å². The Morgan fingerprint density at radius 1 is 1.29 bits per heavy atom. The van der Waals surface area contributed by atoms with Crippen molar-refractivity contribution in [3.63, 3.8) is 0 Å². The smallest absolute Gasteiger partial charge is 0.271 e. The van der Waals surface area contributed by atoms with E-state index in [9.17, 15) is 4.79 Å². The van der Waals surface area contributed by atoms with Gasteiger partial charge >= 0.3 is 0 Å². The number of fused-ring (bicyclic) bond motifs is 1. The van der Waals surface area contributed by atoms with Crippen LogP contribution in [0.25, 0.3) is 10.2 Å². The molecule has 3 aromatic rings. The lowest BCUT2D eigenvalue weighted by Gasteiger charge is -2.15. The first-order valence-corrected chi connectivity index (χ1v) is 7.81. The van der Waals surface area contributed by atoms with Crippen LogP contribution in [0.3, 0.4) is 0 Å². The van der Waals surface area contributed by atoms with Crippen molar-refractivity contribution in [3.05, 3.63) is 57.2 Å². The molecule has 0 aromatic carbocycles. The molecule has 0 bridgehead atoms. The largest absolute Gasteiger partial charge is 0.295 e. The van der Waals surface area contributed by atoms with Crippen LogP contribution in [0.15, 0.2) is 34.8 Å². The van der Waals surface area contributed by atoms with E-state index in [2.05, 4.69) is 9.97 Å². The van der Waals surface area contributed by atoms with Gasteiger partial charge in [-0.25, -0.2) is 4.98 Å². The molecule has 0 amide bonds. The van der Waals surface area contributed by atoms with E-state index in [1.165, 1.54) is 11.3 Å². The van der Waals surface area contributed by atoms with Gasteiger partial charge in [0, 0.05) is 24.4 Å². The van der Waals surface area contributed by atoms with Gasteiger partial charge in [-0.05, 0) is 43.3 Å². The monoisotopic (exact) mass is 299 g/mol. The van der Waals surface area contributed by atoms with Gasteiger partial charge in [0.05, 0.1) is 11.8 Å². The van der Waals surface area contributed by atoms with Crippen LogP contribution in [-0.4, -0.2) is 14.5 Å². The fraction of sp³-hybridized carbons (Fsp3) is 0.312. The third kappa shape index (κ3) is 2.49. The van der Waals surface area contributed by atoms with Crippen LogP contribution in [0.4, 0.5) is 0 Å². The Morgan fingerprint density at radius 3 is 2.86 bits per heavy atom. The first-order chi connectivity index (χ1) is 10.1. The Labute approximate surface area is 127 Å². The fourth-order valence-electron chi connectivity index (χ4n) is 2.46. The van der Waals surface area contributed by atoms with Crippen LogP contribution in [-0.2, 0) is 6.42 Å². The lowest BCUT2D eigenvalue weighted by molar-refractivity contribution is 0.517. The summed E-state index contributed by atoms with van der Waals surface area (Å²) in [6.07, 6.45) is 4.18. The third-order valence-electron chi connectivity index (χ3n) is 3.76. The van der Waals surface area contributed by atoms with Crippen LogP contribution < -0.4 is 5.56 Å². The predicted molar refractivity (Wildman–Crippen MR) is 86.0 cm³/mol. The summed E-state index contributed by atoms with van der Waals surface area (Å²) in [4.78, 5) is 21.4. The van der Waals surface area contributed by atoms with Gasteiger partial charge in [-0.15, -0.1) is 11.3 Å². The minimum atomic E-state index is 0.0328. The third-order valence-corrected chi connectivity index (χ3v) is 4.84. The Morgan fingerprint density at radius 2 is 2.10 bits per heavy atom. The van der Waals surface area contributed by atoms with E-state index in [0.29, 0.717) is 0 Å². The molecule has 108 valence electrons. The number of thiophene rings is 1. The molecule has 0 radical (unpaired) electrons. The number of hydrogen-bond donors (Lipinski definition) is 0. The molecule has 3 rings (SSSR count). The number of aromatic nitrogens is 3. The molecule has 0 N–H and O–H groups in total. The van der Waals surface area contributed by atoms with Crippen molar-refractivity contribution in [1.82, 2.24) is 14.5 Å². The first kappa shape index (κ1) is 13.9. The van der Waals surface area contributed by atoms with Gasteiger partial charge in [0.2, 0.25) is 0 Å². The number of hydrogen-bond acceptors (Lipinski definition) is 4. The van der Waals surface area contributed by atoms with Crippen molar-refractivity contribution in [2.24, 2.45) is 0 Å². The molecule has 21 heavy (non-hydrogen) atoms. The van der Waals surface area contributed by atoms with Gasteiger partial charge in [0.15, 0.2) is 0 Å². The van der Waals surface area contributed by atoms with E-state index >= 15 is 0 Å². The predicted octanol–water partition coefficient (Wildman–Crippen LogP) is 3.27. The second-order valence-corrected chi connectivity index (χ2v) is 6.25. The van der Waals surface area contributed by atoms with Crippen molar-refractivity contribution < 1.29 is 0 Å². The van der Waals surface area contributed by atoms with Crippen molar-refractivity contribution in [2.75, 3.05) is 0 Å². The number of rotatable bonds is 3. The highest BCUT2D eigenvalue weighted by molar-refractivity contribution is 7.17. The topological polar surface area (TPSA) is 47.8 Å². The van der Waals surface area contributed by atoms with Crippen molar-refractivity contribution >= 4 is 21.6 Å². The minimum Gasteiger partial charge on any atom is -0.295 e. The Bertz CT molecular complexity index is 850. The Kier molecular flexibility index (Phi) is 3.59. The SMILES string of the molecule is Cc1cccnc1C[C@@H](C)n1cnc2c(C)csc2c1=O. The molecule has 0 saturated carbocycles. The standard InChI is InChI=1S/C16H17N3OS/c1-10-5-4-6-17-13(10)7-12(3)19-9-18-14-11(2)8-21-15(14)16(19)20/h4-6,8-9,12H,7H2,1-3H3/t12-/m1/s1. The average Bonchev–Trinajstić information content (AvgIpc) is 2.84. The molecule has 0 aliphatic carbocycles. The van der Waals surface area contributed by atoms with Crippen LogP contribution in [0.5, 0.6) is 0 Å². The lowest BCUT2D eigenvalue weighted by atomic mass is 10.1. The highest BCUT2D eigenvalue weighted by Gasteiger charge is 2.14. The van der Waals surface area contributed by atoms with E-state index in [-0.39, 0.29) is 11.6 Å². The summed E-state index contributed by atoms with van der Waals surface area (Å²) in [5.74, 6) is 0. The quantitative estimate of drug-likeness (QED) is 0.745. The van der Waals surface area contributed by atoms with Gasteiger partial charge in [-0.3, -0.25) is 14.3 Å². The number of aryl methyl sites for hydroxylation is 2. The summed E-state index contributed by atoms with van der Waals surface area (Å²) in [5.41, 5.74) is 4.10. The second kappa shape index (κ2) is 5.41. The minimum absolute atomic E-state index is 0.0328. The highest BCUT2D eigenvalue weighted by Crippen LogP contribution is 2.21. The molecule has 0 saturated heterocycles. The fourth-order valence-corrected chi connectivity index (χ4v) is 3.40. The molecule has 4 nitrogen and oxygen atoms in total. The molecule has 0 aliphatic rings. The molecule has 0 fully saturated rings. The molecule has 3 heterocycles. The summed E-state index contributed by atoms with van der Waals surface area (Å²) >= 11 is 1.47. The van der Waals surface area contributed by atoms with Crippen molar-refractivity contribution in [2.45, 2.75) is 33.2 Å². The molecule has 3 aromatic heterocycles. The zero-order valence-electron chi connectivity index (χ0n) is 12.3. The highest BCUT2D eigenvalue weighted by atomic mass is 32.1. The molecule has 5 heteroatoms. The van der Waals surface area contributed by atoms with Gasteiger partial charge < -0.3 is 0 Å². The second-order valence-electron chi connectivity index (χ2n) is 5.37. The van der Waals surface area contributed by atoms with Crippen molar-refractivity contribution in [3.8, 4) is 0 Å². The summed E-state index contributed by atoms with van der Waals surface area (Å²) < 4.78 is 2.45. The summed E-state index contributed by atoms with van der Waals surface area (Å²) in [6, 6.07) is 4.00. The first-order valence-electron chi connectivity index (χ1n) is 6.93. The molecule has 0 unspecified atom stereocenters. The Balaban J connectivity index is 1.99. The number of nitrogens with zero attached hydrogens (tertiary/aromatic N) is 3. The zero-order chi connectivity index (χ0) is 15.0. The van der Waals surface area contributed by atoms with Crippen LogP contribution >= 0.6 is 11.3 Å². The number of pyridine rings is 1. The maximum Gasteiger partial charge on any atom is 0.271 e. The summed E-state index contributed by atoms with van der Waals surface area (Å²) in [7, 11) is 0.